The molecule has 0 aliphatic carbocycles. The lowest BCUT2D eigenvalue weighted by molar-refractivity contribution is -0.130. The molecule has 1 amide bonds. The molecule has 0 spiro atoms. The number of nitrogens with zero attached hydrogens (tertiary/aromatic N) is 2. The SMILES string of the molecule is Cc1ccc(C)c(N2CCN(C(=O)Cc3c(C)[nH]c(=O)[nH]c3=O)CC2)c1. The molecule has 26 heavy (non-hydrogen) atoms. The third-order valence-electron chi connectivity index (χ3n) is 4.92. The Morgan fingerprint density at radius 2 is 1.73 bits per heavy atom. The van der Waals surface area contributed by atoms with E-state index in [1.165, 1.54) is 16.8 Å². The van der Waals surface area contributed by atoms with Crippen molar-refractivity contribution >= 4 is 11.6 Å². The Morgan fingerprint density at radius 3 is 2.38 bits per heavy atom. The fraction of sp³-hybridized carbons (Fsp3) is 0.421. The van der Waals surface area contributed by atoms with E-state index < -0.39 is 11.2 Å². The number of aromatic nitrogens is 2. The van der Waals surface area contributed by atoms with Crippen LogP contribution in [0.15, 0.2) is 27.8 Å². The van der Waals surface area contributed by atoms with Crippen LogP contribution in [0.2, 0.25) is 0 Å². The molecular formula is C19H24N4O3. The molecule has 2 heterocycles. The summed E-state index contributed by atoms with van der Waals surface area (Å²) < 4.78 is 0. The lowest BCUT2D eigenvalue weighted by atomic mass is 10.1. The first-order chi connectivity index (χ1) is 12.3. The molecule has 0 atom stereocenters. The molecule has 0 unspecified atom stereocenters. The number of aromatic amines is 2. The molecule has 0 bridgehead atoms. The van der Waals surface area contributed by atoms with Gasteiger partial charge in [0.2, 0.25) is 5.91 Å². The molecular weight excluding hydrogens is 332 g/mol. The molecule has 1 aliphatic rings. The van der Waals surface area contributed by atoms with Gasteiger partial charge in [-0.3, -0.25) is 14.6 Å². The number of nitrogens with one attached hydrogen (secondary N) is 2. The first-order valence-corrected chi connectivity index (χ1v) is 8.77. The summed E-state index contributed by atoms with van der Waals surface area (Å²) in [6.07, 6.45) is 0.00141. The van der Waals surface area contributed by atoms with Crippen molar-refractivity contribution in [3.8, 4) is 0 Å². The van der Waals surface area contributed by atoms with Crippen LogP contribution in [0.25, 0.3) is 0 Å². The van der Waals surface area contributed by atoms with Crippen LogP contribution in [0.4, 0.5) is 5.69 Å². The number of hydrogen-bond acceptors (Lipinski definition) is 4. The summed E-state index contributed by atoms with van der Waals surface area (Å²) in [5.41, 5.74) is 3.39. The Hall–Kier alpha value is -2.83. The van der Waals surface area contributed by atoms with E-state index in [1.807, 2.05) is 0 Å². The second-order valence-electron chi connectivity index (χ2n) is 6.85. The number of rotatable bonds is 3. The van der Waals surface area contributed by atoms with Crippen molar-refractivity contribution in [3.05, 3.63) is 61.4 Å². The van der Waals surface area contributed by atoms with E-state index >= 15 is 0 Å². The van der Waals surface area contributed by atoms with Gasteiger partial charge in [-0.2, -0.15) is 0 Å². The molecule has 3 rings (SSSR count). The Labute approximate surface area is 151 Å². The molecule has 7 nitrogen and oxygen atoms in total. The quantitative estimate of drug-likeness (QED) is 0.854. The summed E-state index contributed by atoms with van der Waals surface area (Å²) in [5.74, 6) is -0.0914. The maximum absolute atomic E-state index is 12.6. The monoisotopic (exact) mass is 356 g/mol. The number of carbonyl (C=O) groups excluding carboxylic acids is 1. The van der Waals surface area contributed by atoms with Gasteiger partial charge in [0.05, 0.1) is 6.42 Å². The van der Waals surface area contributed by atoms with E-state index in [9.17, 15) is 14.4 Å². The van der Waals surface area contributed by atoms with Crippen molar-refractivity contribution in [2.45, 2.75) is 27.2 Å². The maximum atomic E-state index is 12.6. The van der Waals surface area contributed by atoms with E-state index in [2.05, 4.69) is 46.9 Å². The predicted molar refractivity (Wildman–Crippen MR) is 101 cm³/mol. The second kappa shape index (κ2) is 7.19. The molecule has 1 aliphatic heterocycles. The molecule has 138 valence electrons. The van der Waals surface area contributed by atoms with Gasteiger partial charge in [0.15, 0.2) is 0 Å². The van der Waals surface area contributed by atoms with E-state index in [4.69, 9.17) is 0 Å². The summed E-state index contributed by atoms with van der Waals surface area (Å²) >= 11 is 0. The lowest BCUT2D eigenvalue weighted by Crippen LogP contribution is -2.49. The van der Waals surface area contributed by atoms with Crippen molar-refractivity contribution in [1.29, 1.82) is 0 Å². The van der Waals surface area contributed by atoms with Crippen LogP contribution in [0.3, 0.4) is 0 Å². The van der Waals surface area contributed by atoms with Crippen molar-refractivity contribution < 1.29 is 4.79 Å². The van der Waals surface area contributed by atoms with E-state index in [0.29, 0.717) is 24.3 Å². The molecule has 7 heteroatoms. The number of anilines is 1. The zero-order valence-electron chi connectivity index (χ0n) is 15.4. The van der Waals surface area contributed by atoms with Gasteiger partial charge < -0.3 is 14.8 Å². The van der Waals surface area contributed by atoms with E-state index in [0.717, 1.165) is 13.1 Å². The number of piperazine rings is 1. The Balaban J connectivity index is 1.67. The highest BCUT2D eigenvalue weighted by Crippen LogP contribution is 2.23. The summed E-state index contributed by atoms with van der Waals surface area (Å²) in [6.45, 7) is 8.56. The summed E-state index contributed by atoms with van der Waals surface area (Å²) in [4.78, 5) is 44.6. The number of carbonyl (C=O) groups is 1. The standard InChI is InChI=1S/C19H24N4O3/c1-12-4-5-13(2)16(10-12)22-6-8-23(9-7-22)17(24)11-15-14(3)20-19(26)21-18(15)25/h4-5,10H,6-9,11H2,1-3H3,(H2,20,21,25,26). The fourth-order valence-electron chi connectivity index (χ4n) is 3.36. The van der Waals surface area contributed by atoms with Crippen molar-refractivity contribution in [2.75, 3.05) is 31.1 Å². The van der Waals surface area contributed by atoms with Gasteiger partial charge in [-0.05, 0) is 38.0 Å². The van der Waals surface area contributed by atoms with Gasteiger partial charge in [-0.1, -0.05) is 12.1 Å². The molecule has 2 aromatic rings. The van der Waals surface area contributed by atoms with E-state index in [-0.39, 0.29) is 12.3 Å². The lowest BCUT2D eigenvalue weighted by Gasteiger charge is -2.37. The summed E-state index contributed by atoms with van der Waals surface area (Å²) in [6, 6.07) is 6.39. The van der Waals surface area contributed by atoms with Gasteiger partial charge in [-0.15, -0.1) is 0 Å². The van der Waals surface area contributed by atoms with Gasteiger partial charge in [0.1, 0.15) is 0 Å². The normalized spacial score (nSPS) is 14.6. The van der Waals surface area contributed by atoms with Crippen LogP contribution in [0.5, 0.6) is 0 Å². The molecule has 1 fully saturated rings. The number of hydrogen-bond donors (Lipinski definition) is 2. The molecule has 1 aromatic heterocycles. The van der Waals surface area contributed by atoms with Crippen LogP contribution in [0.1, 0.15) is 22.4 Å². The molecule has 2 N–H and O–H groups in total. The zero-order valence-corrected chi connectivity index (χ0v) is 15.4. The number of aryl methyl sites for hydroxylation is 3. The zero-order chi connectivity index (χ0) is 18.8. The third kappa shape index (κ3) is 3.71. The minimum Gasteiger partial charge on any atom is -0.368 e. The Kier molecular flexibility index (Phi) is 4.97. The molecule has 1 aromatic carbocycles. The number of H-pyrrole nitrogens is 2. The largest absolute Gasteiger partial charge is 0.368 e. The van der Waals surface area contributed by atoms with Gasteiger partial charge in [0, 0.05) is 43.1 Å². The summed E-state index contributed by atoms with van der Waals surface area (Å²) in [7, 11) is 0. The highest BCUT2D eigenvalue weighted by molar-refractivity contribution is 5.79. The van der Waals surface area contributed by atoms with Crippen LogP contribution in [0, 0.1) is 20.8 Å². The Morgan fingerprint density at radius 1 is 1.04 bits per heavy atom. The highest BCUT2D eigenvalue weighted by Gasteiger charge is 2.23. The first-order valence-electron chi connectivity index (χ1n) is 8.77. The van der Waals surface area contributed by atoms with E-state index in [1.54, 1.807) is 11.8 Å². The smallest absolute Gasteiger partial charge is 0.325 e. The maximum Gasteiger partial charge on any atom is 0.325 e. The van der Waals surface area contributed by atoms with Crippen LogP contribution >= 0.6 is 0 Å². The minimum atomic E-state index is -0.550. The van der Waals surface area contributed by atoms with Crippen LogP contribution in [-0.4, -0.2) is 47.0 Å². The van der Waals surface area contributed by atoms with Crippen molar-refractivity contribution in [2.24, 2.45) is 0 Å². The van der Waals surface area contributed by atoms with Gasteiger partial charge >= 0.3 is 5.69 Å². The fourth-order valence-corrected chi connectivity index (χ4v) is 3.36. The topological polar surface area (TPSA) is 89.3 Å². The van der Waals surface area contributed by atoms with Crippen LogP contribution in [-0.2, 0) is 11.2 Å². The number of benzene rings is 1. The second-order valence-corrected chi connectivity index (χ2v) is 6.85. The average molecular weight is 356 g/mol. The van der Waals surface area contributed by atoms with Crippen molar-refractivity contribution in [3.63, 3.8) is 0 Å². The third-order valence-corrected chi connectivity index (χ3v) is 4.92. The van der Waals surface area contributed by atoms with Gasteiger partial charge in [0.25, 0.3) is 5.56 Å². The Bertz CT molecular complexity index is 937. The molecule has 0 saturated carbocycles. The summed E-state index contributed by atoms with van der Waals surface area (Å²) in [5, 5.41) is 0. The predicted octanol–water partition coefficient (Wildman–Crippen LogP) is 0.880. The van der Waals surface area contributed by atoms with Crippen LogP contribution < -0.4 is 16.1 Å². The molecule has 0 radical (unpaired) electrons. The highest BCUT2D eigenvalue weighted by atomic mass is 16.2. The first kappa shape index (κ1) is 18.0. The minimum absolute atomic E-state index is 0.00141. The van der Waals surface area contributed by atoms with Crippen molar-refractivity contribution in [1.82, 2.24) is 14.9 Å². The molecule has 1 saturated heterocycles. The average Bonchev–Trinajstić information content (AvgIpc) is 2.60. The number of amides is 1. The van der Waals surface area contributed by atoms with Gasteiger partial charge in [-0.25, -0.2) is 4.79 Å².